The van der Waals surface area contributed by atoms with Crippen molar-refractivity contribution in [3.8, 4) is 11.1 Å². The van der Waals surface area contributed by atoms with Gasteiger partial charge in [-0.15, -0.1) is 0 Å². The van der Waals surface area contributed by atoms with Gasteiger partial charge in [-0.1, -0.05) is 54.6 Å². The number of hydrogen-bond donors (Lipinski definition) is 1. The number of para-hydroxylation sites is 1. The number of aromatic nitrogens is 1. The molecule has 0 atom stereocenters. The van der Waals surface area contributed by atoms with Crippen molar-refractivity contribution in [2.45, 2.75) is 12.4 Å². The van der Waals surface area contributed by atoms with E-state index in [0.29, 0.717) is 16.9 Å². The van der Waals surface area contributed by atoms with Crippen LogP contribution in [0.2, 0.25) is 0 Å². The second-order valence-electron chi connectivity index (χ2n) is 6.79. The van der Waals surface area contributed by atoms with Crippen molar-refractivity contribution < 1.29 is 26.3 Å². The zero-order chi connectivity index (χ0) is 22.2. The van der Waals surface area contributed by atoms with Gasteiger partial charge >= 0.3 is 12.4 Å². The summed E-state index contributed by atoms with van der Waals surface area (Å²) in [5, 5.41) is 2.67. The van der Waals surface area contributed by atoms with Gasteiger partial charge in [-0.05, 0) is 29.8 Å². The fourth-order valence-electron chi connectivity index (χ4n) is 3.35. The van der Waals surface area contributed by atoms with Gasteiger partial charge in [-0.2, -0.15) is 26.3 Å². The van der Waals surface area contributed by atoms with Gasteiger partial charge in [0.15, 0.2) is 0 Å². The highest BCUT2D eigenvalue weighted by atomic mass is 19.4. The third-order valence-corrected chi connectivity index (χ3v) is 4.69. The lowest BCUT2D eigenvalue weighted by Gasteiger charge is -2.19. The number of halogens is 6. The first kappa shape index (κ1) is 20.7. The summed E-state index contributed by atoms with van der Waals surface area (Å²) < 4.78 is 81.2. The molecule has 0 aliphatic rings. The van der Waals surface area contributed by atoms with E-state index in [4.69, 9.17) is 0 Å². The van der Waals surface area contributed by atoms with E-state index in [1.807, 2.05) is 0 Å². The van der Waals surface area contributed by atoms with E-state index >= 15 is 0 Å². The number of alkyl halides is 6. The molecular formula is C23H14F6N2. The molecule has 1 N–H and O–H groups in total. The summed E-state index contributed by atoms with van der Waals surface area (Å²) in [6.07, 6.45) is -10.0. The predicted octanol–water partition coefficient (Wildman–Crippen LogP) is 7.68. The molecule has 31 heavy (non-hydrogen) atoms. The fraction of sp³-hybridized carbons (Fsp3) is 0.0870. The van der Waals surface area contributed by atoms with Crippen molar-refractivity contribution >= 4 is 22.3 Å². The Kier molecular flexibility index (Phi) is 5.08. The molecule has 0 aliphatic heterocycles. The lowest BCUT2D eigenvalue weighted by atomic mass is 9.96. The van der Waals surface area contributed by atoms with E-state index in [1.54, 1.807) is 60.7 Å². The Bertz CT molecular complexity index is 1220. The molecule has 0 radical (unpaired) electrons. The van der Waals surface area contributed by atoms with Crippen LogP contribution >= 0.6 is 0 Å². The molecular weight excluding hydrogens is 418 g/mol. The van der Waals surface area contributed by atoms with Crippen LogP contribution in [0.3, 0.4) is 0 Å². The van der Waals surface area contributed by atoms with Crippen LogP contribution in [0.4, 0.5) is 37.7 Å². The first-order chi connectivity index (χ1) is 14.6. The van der Waals surface area contributed by atoms with Crippen molar-refractivity contribution in [1.82, 2.24) is 4.98 Å². The molecule has 4 aromatic rings. The van der Waals surface area contributed by atoms with Crippen LogP contribution in [0, 0.1) is 0 Å². The Hall–Kier alpha value is -3.55. The molecule has 3 aromatic carbocycles. The van der Waals surface area contributed by atoms with E-state index in [1.165, 1.54) is 6.07 Å². The third-order valence-electron chi connectivity index (χ3n) is 4.69. The minimum absolute atomic E-state index is 0.0569. The molecule has 1 heterocycles. The van der Waals surface area contributed by atoms with E-state index < -0.39 is 29.0 Å². The van der Waals surface area contributed by atoms with Gasteiger partial charge in [0.05, 0.1) is 11.1 Å². The first-order valence-electron chi connectivity index (χ1n) is 9.14. The summed E-state index contributed by atoms with van der Waals surface area (Å²) in [5.74, 6) is 0. The Morgan fingerprint density at radius 2 is 1.29 bits per heavy atom. The van der Waals surface area contributed by atoms with Crippen LogP contribution < -0.4 is 5.32 Å². The largest absolute Gasteiger partial charge is 0.433 e. The maximum absolute atomic E-state index is 13.7. The lowest BCUT2D eigenvalue weighted by Crippen LogP contribution is -2.14. The van der Waals surface area contributed by atoms with Gasteiger partial charge in [0.1, 0.15) is 5.69 Å². The number of nitrogens with zero attached hydrogens (tertiary/aromatic N) is 1. The normalized spacial score (nSPS) is 12.2. The molecule has 0 fully saturated rings. The average Bonchev–Trinajstić information content (AvgIpc) is 2.72. The molecule has 0 saturated carbocycles. The number of pyridine rings is 1. The maximum Gasteiger partial charge on any atom is 0.433 e. The maximum atomic E-state index is 13.7. The van der Waals surface area contributed by atoms with Crippen LogP contribution in [0.25, 0.3) is 22.0 Å². The zero-order valence-corrected chi connectivity index (χ0v) is 15.7. The fourth-order valence-corrected chi connectivity index (χ4v) is 3.35. The van der Waals surface area contributed by atoms with Crippen LogP contribution in [-0.2, 0) is 12.4 Å². The average molecular weight is 432 g/mol. The Morgan fingerprint density at radius 3 is 1.87 bits per heavy atom. The van der Waals surface area contributed by atoms with E-state index in [9.17, 15) is 26.3 Å². The van der Waals surface area contributed by atoms with Gasteiger partial charge in [0.2, 0.25) is 0 Å². The van der Waals surface area contributed by atoms with Crippen molar-refractivity contribution in [2.24, 2.45) is 0 Å². The van der Waals surface area contributed by atoms with Gasteiger partial charge in [0.25, 0.3) is 0 Å². The van der Waals surface area contributed by atoms with Crippen molar-refractivity contribution in [3.63, 3.8) is 0 Å². The second kappa shape index (κ2) is 7.61. The summed E-state index contributed by atoms with van der Waals surface area (Å²) in [4.78, 5) is 3.63. The van der Waals surface area contributed by atoms with Crippen LogP contribution in [0.1, 0.15) is 11.3 Å². The van der Waals surface area contributed by atoms with Crippen molar-refractivity contribution in [1.29, 1.82) is 0 Å². The van der Waals surface area contributed by atoms with Crippen LogP contribution in [0.5, 0.6) is 0 Å². The van der Waals surface area contributed by atoms with Gasteiger partial charge in [0, 0.05) is 22.3 Å². The minimum Gasteiger partial charge on any atom is -0.355 e. The molecule has 0 aliphatic carbocycles. The zero-order valence-electron chi connectivity index (χ0n) is 15.7. The number of hydrogen-bond acceptors (Lipinski definition) is 2. The summed E-state index contributed by atoms with van der Waals surface area (Å²) in [6, 6.07) is 19.6. The topological polar surface area (TPSA) is 24.9 Å². The van der Waals surface area contributed by atoms with Gasteiger partial charge < -0.3 is 5.32 Å². The monoisotopic (exact) mass is 432 g/mol. The quantitative estimate of drug-likeness (QED) is 0.336. The number of rotatable bonds is 3. The third kappa shape index (κ3) is 4.19. The van der Waals surface area contributed by atoms with Crippen molar-refractivity contribution in [2.75, 3.05) is 5.32 Å². The summed E-state index contributed by atoms with van der Waals surface area (Å²) in [7, 11) is 0. The van der Waals surface area contributed by atoms with Crippen LogP contribution in [0.15, 0.2) is 78.9 Å². The highest BCUT2D eigenvalue weighted by Gasteiger charge is 2.39. The molecule has 4 rings (SSSR count). The van der Waals surface area contributed by atoms with E-state index in [2.05, 4.69) is 10.3 Å². The minimum atomic E-state index is -5.04. The standard InChI is InChI=1S/C23H14F6N2/c24-22(25,26)17-13-19(23(27,28)29)31-21-16(17)11-12-18(30-15-9-5-2-6-10-15)20(21)14-7-3-1-4-8-14/h1-13,30H. The Labute approximate surface area is 173 Å². The number of nitrogens with one attached hydrogen (secondary N) is 1. The molecule has 158 valence electrons. The lowest BCUT2D eigenvalue weighted by molar-refractivity contribution is -0.144. The molecule has 0 spiro atoms. The predicted molar refractivity (Wildman–Crippen MR) is 107 cm³/mol. The summed E-state index contributed by atoms with van der Waals surface area (Å²) in [5.41, 5.74) is -1.80. The van der Waals surface area contributed by atoms with Gasteiger partial charge in [-0.3, -0.25) is 0 Å². The van der Waals surface area contributed by atoms with E-state index in [0.717, 1.165) is 6.07 Å². The highest BCUT2D eigenvalue weighted by Crippen LogP contribution is 2.43. The van der Waals surface area contributed by atoms with Crippen molar-refractivity contribution in [3.05, 3.63) is 90.1 Å². The SMILES string of the molecule is FC(F)(F)c1cc(C(F)(F)F)c2ccc(Nc3ccccc3)c(-c3ccccc3)c2n1. The molecule has 8 heteroatoms. The number of fused-ring (bicyclic) bond motifs is 1. The molecule has 0 amide bonds. The molecule has 1 aromatic heterocycles. The smallest absolute Gasteiger partial charge is 0.355 e. The Balaban J connectivity index is 2.08. The van der Waals surface area contributed by atoms with Gasteiger partial charge in [-0.25, -0.2) is 4.98 Å². The second-order valence-corrected chi connectivity index (χ2v) is 6.79. The molecule has 0 unspecified atom stereocenters. The molecule has 0 bridgehead atoms. The van der Waals surface area contributed by atoms with Crippen LogP contribution in [-0.4, -0.2) is 4.98 Å². The Morgan fingerprint density at radius 1 is 0.677 bits per heavy atom. The summed E-state index contributed by atoms with van der Waals surface area (Å²) in [6.45, 7) is 0. The highest BCUT2D eigenvalue weighted by molar-refractivity contribution is 6.02. The molecule has 0 saturated heterocycles. The summed E-state index contributed by atoms with van der Waals surface area (Å²) >= 11 is 0. The van der Waals surface area contributed by atoms with E-state index in [-0.39, 0.29) is 17.1 Å². The first-order valence-corrected chi connectivity index (χ1v) is 9.14. The number of benzene rings is 3. The number of anilines is 2. The molecule has 2 nitrogen and oxygen atoms in total.